The van der Waals surface area contributed by atoms with Crippen molar-refractivity contribution in [3.63, 3.8) is 0 Å². The highest BCUT2D eigenvalue weighted by molar-refractivity contribution is 6.31. The largest absolute Gasteiger partial charge is 0.495 e. The molecule has 6 nitrogen and oxygen atoms in total. The molecule has 0 aromatic heterocycles. The monoisotopic (exact) mass is 547 g/mol. The van der Waals surface area contributed by atoms with Crippen LogP contribution in [0, 0.1) is 0 Å². The third-order valence-electron chi connectivity index (χ3n) is 6.21. The first kappa shape index (κ1) is 26.5. The van der Waals surface area contributed by atoms with E-state index in [0.29, 0.717) is 33.3 Å². The maximum atomic E-state index is 13.6. The molecule has 40 heavy (non-hydrogen) atoms. The first-order chi connectivity index (χ1) is 19.5. The molecular weight excluding hydrogens is 522 g/mol. The molecule has 0 atom stereocenters. The van der Waals surface area contributed by atoms with Gasteiger partial charge in [-0.3, -0.25) is 9.59 Å². The van der Waals surface area contributed by atoms with Gasteiger partial charge in [0.05, 0.1) is 24.0 Å². The molecule has 0 spiro atoms. The average molecular weight is 548 g/mol. The summed E-state index contributed by atoms with van der Waals surface area (Å²) >= 11 is 6.10. The smallest absolute Gasteiger partial charge is 0.257 e. The molecule has 2 N–H and O–H groups in total. The average Bonchev–Trinajstić information content (AvgIpc) is 2.99. The van der Waals surface area contributed by atoms with E-state index in [-0.39, 0.29) is 11.8 Å². The minimum absolute atomic E-state index is 0.304. The summed E-state index contributed by atoms with van der Waals surface area (Å²) in [5, 5.41) is 6.25. The van der Waals surface area contributed by atoms with Gasteiger partial charge in [0.1, 0.15) is 5.75 Å². The van der Waals surface area contributed by atoms with Gasteiger partial charge in [-0.2, -0.15) is 0 Å². The molecule has 7 heteroatoms. The third-order valence-corrected chi connectivity index (χ3v) is 6.45. The Kier molecular flexibility index (Phi) is 8.09. The molecule has 0 aliphatic carbocycles. The number of hydrogen-bond acceptors (Lipinski definition) is 4. The Morgan fingerprint density at radius 3 is 2.00 bits per heavy atom. The standard InChI is InChI=1S/C33H26ClN3O3/c1-40-31-20-19-24(34)22-29(31)36-32(38)23-11-10-12-25(21-23)35-33(39)28-17-8-9-18-30(28)37(26-13-4-2-5-14-26)27-15-6-3-7-16-27/h2-22H,1H3,(H,35,39)(H,36,38). The van der Waals surface area contributed by atoms with Crippen molar-refractivity contribution in [2.24, 2.45) is 0 Å². The minimum atomic E-state index is -0.364. The van der Waals surface area contributed by atoms with E-state index in [1.807, 2.05) is 83.8 Å². The second-order valence-electron chi connectivity index (χ2n) is 8.86. The van der Waals surface area contributed by atoms with Crippen molar-refractivity contribution in [1.82, 2.24) is 0 Å². The van der Waals surface area contributed by atoms with Crippen molar-refractivity contribution in [2.45, 2.75) is 0 Å². The van der Waals surface area contributed by atoms with Crippen LogP contribution < -0.4 is 20.3 Å². The van der Waals surface area contributed by atoms with E-state index in [0.717, 1.165) is 17.1 Å². The van der Waals surface area contributed by atoms with Crippen LogP contribution in [0.2, 0.25) is 5.02 Å². The fourth-order valence-electron chi connectivity index (χ4n) is 4.35. The van der Waals surface area contributed by atoms with Gasteiger partial charge in [0.25, 0.3) is 11.8 Å². The van der Waals surface area contributed by atoms with E-state index in [1.165, 1.54) is 7.11 Å². The predicted molar refractivity (Wildman–Crippen MR) is 161 cm³/mol. The molecule has 5 rings (SSSR count). The van der Waals surface area contributed by atoms with Crippen molar-refractivity contribution < 1.29 is 14.3 Å². The van der Waals surface area contributed by atoms with E-state index in [4.69, 9.17) is 16.3 Å². The van der Waals surface area contributed by atoms with Gasteiger partial charge in [-0.05, 0) is 72.8 Å². The number of para-hydroxylation sites is 3. The van der Waals surface area contributed by atoms with Crippen LogP contribution in [0.3, 0.4) is 0 Å². The van der Waals surface area contributed by atoms with Crippen LogP contribution >= 0.6 is 11.6 Å². The molecule has 5 aromatic rings. The van der Waals surface area contributed by atoms with Crippen molar-refractivity contribution in [3.05, 3.63) is 144 Å². The number of carbonyl (C=O) groups excluding carboxylic acids is 2. The molecular formula is C33H26ClN3O3. The van der Waals surface area contributed by atoms with Crippen LogP contribution in [0.5, 0.6) is 5.75 Å². The molecule has 0 unspecified atom stereocenters. The lowest BCUT2D eigenvalue weighted by molar-refractivity contribution is 0.101. The number of rotatable bonds is 8. The van der Waals surface area contributed by atoms with E-state index >= 15 is 0 Å². The van der Waals surface area contributed by atoms with Crippen LogP contribution in [-0.4, -0.2) is 18.9 Å². The zero-order valence-electron chi connectivity index (χ0n) is 21.7. The zero-order valence-corrected chi connectivity index (χ0v) is 22.4. The van der Waals surface area contributed by atoms with Gasteiger partial charge >= 0.3 is 0 Å². The first-order valence-electron chi connectivity index (χ1n) is 12.6. The molecule has 0 radical (unpaired) electrons. The Balaban J connectivity index is 1.42. The minimum Gasteiger partial charge on any atom is -0.495 e. The van der Waals surface area contributed by atoms with Crippen molar-refractivity contribution >= 4 is 51.9 Å². The van der Waals surface area contributed by atoms with Gasteiger partial charge in [0, 0.05) is 27.6 Å². The summed E-state index contributed by atoms with van der Waals surface area (Å²) in [4.78, 5) is 28.7. The number of ether oxygens (including phenoxy) is 1. The molecule has 0 saturated heterocycles. The molecule has 5 aromatic carbocycles. The van der Waals surface area contributed by atoms with Gasteiger partial charge in [-0.15, -0.1) is 0 Å². The molecule has 0 saturated carbocycles. The zero-order chi connectivity index (χ0) is 27.9. The number of amides is 2. The Bertz CT molecular complexity index is 1600. The quantitative estimate of drug-likeness (QED) is 0.205. The second kappa shape index (κ2) is 12.2. The summed E-state index contributed by atoms with van der Waals surface area (Å²) in [6.07, 6.45) is 0. The highest BCUT2D eigenvalue weighted by atomic mass is 35.5. The summed E-state index contributed by atoms with van der Waals surface area (Å²) in [6, 6.07) is 38.9. The van der Waals surface area contributed by atoms with Crippen LogP contribution in [0.25, 0.3) is 0 Å². The Hall–Kier alpha value is -5.07. The van der Waals surface area contributed by atoms with E-state index in [1.54, 1.807) is 48.5 Å². The van der Waals surface area contributed by atoms with Gasteiger partial charge in [-0.25, -0.2) is 0 Å². The number of hydrogen-bond donors (Lipinski definition) is 2. The lowest BCUT2D eigenvalue weighted by atomic mass is 10.1. The number of anilines is 5. The van der Waals surface area contributed by atoms with Crippen molar-refractivity contribution in [2.75, 3.05) is 22.6 Å². The summed E-state index contributed by atoms with van der Waals surface area (Å²) in [5.74, 6) is -0.182. The maximum absolute atomic E-state index is 13.6. The molecule has 0 heterocycles. The fraction of sp³-hybridized carbons (Fsp3) is 0.0303. The molecule has 0 aliphatic heterocycles. The number of nitrogens with one attached hydrogen (secondary N) is 2. The maximum Gasteiger partial charge on any atom is 0.257 e. The SMILES string of the molecule is COc1ccc(Cl)cc1NC(=O)c1cccc(NC(=O)c2ccccc2N(c2ccccc2)c2ccccc2)c1. The van der Waals surface area contributed by atoms with Gasteiger partial charge < -0.3 is 20.3 Å². The number of methoxy groups -OCH3 is 1. The molecule has 198 valence electrons. The van der Waals surface area contributed by atoms with E-state index in [9.17, 15) is 9.59 Å². The Morgan fingerprint density at radius 2 is 1.32 bits per heavy atom. The number of carbonyl (C=O) groups is 2. The lowest BCUT2D eigenvalue weighted by Gasteiger charge is -2.27. The van der Waals surface area contributed by atoms with Crippen LogP contribution in [-0.2, 0) is 0 Å². The Labute approximate surface area is 237 Å². The highest BCUT2D eigenvalue weighted by Gasteiger charge is 2.20. The van der Waals surface area contributed by atoms with E-state index in [2.05, 4.69) is 10.6 Å². The normalized spacial score (nSPS) is 10.4. The lowest BCUT2D eigenvalue weighted by Crippen LogP contribution is -2.19. The summed E-state index contributed by atoms with van der Waals surface area (Å²) in [5.41, 5.74) is 4.34. The molecule has 2 amide bonds. The third kappa shape index (κ3) is 5.98. The van der Waals surface area contributed by atoms with Crippen LogP contribution in [0.15, 0.2) is 127 Å². The first-order valence-corrected chi connectivity index (χ1v) is 13.0. The Morgan fingerprint density at radius 1 is 0.675 bits per heavy atom. The van der Waals surface area contributed by atoms with E-state index < -0.39 is 0 Å². The summed E-state index contributed by atoms with van der Waals surface area (Å²) in [6.45, 7) is 0. The second-order valence-corrected chi connectivity index (χ2v) is 9.29. The predicted octanol–water partition coefficient (Wildman–Crippen LogP) is 8.32. The molecule has 0 aliphatic rings. The van der Waals surface area contributed by atoms with Gasteiger partial charge in [0.2, 0.25) is 0 Å². The highest BCUT2D eigenvalue weighted by Crippen LogP contribution is 2.36. The van der Waals surface area contributed by atoms with Crippen molar-refractivity contribution in [3.8, 4) is 5.75 Å². The summed E-state index contributed by atoms with van der Waals surface area (Å²) < 4.78 is 5.32. The molecule has 0 fully saturated rings. The van der Waals surface area contributed by atoms with Crippen LogP contribution in [0.1, 0.15) is 20.7 Å². The topological polar surface area (TPSA) is 70.7 Å². The molecule has 0 bridgehead atoms. The number of nitrogens with zero attached hydrogens (tertiary/aromatic N) is 1. The van der Waals surface area contributed by atoms with Gasteiger partial charge in [0.15, 0.2) is 0 Å². The fourth-order valence-corrected chi connectivity index (χ4v) is 4.52. The van der Waals surface area contributed by atoms with Crippen LogP contribution in [0.4, 0.5) is 28.4 Å². The number of benzene rings is 5. The number of halogens is 1. The summed E-state index contributed by atoms with van der Waals surface area (Å²) in [7, 11) is 1.52. The van der Waals surface area contributed by atoms with Gasteiger partial charge in [-0.1, -0.05) is 66.2 Å². The van der Waals surface area contributed by atoms with Crippen molar-refractivity contribution in [1.29, 1.82) is 0 Å².